The zero-order valence-electron chi connectivity index (χ0n) is 13.2. The number of aliphatic hydroxyl groups is 1. The van der Waals surface area contributed by atoms with Crippen molar-refractivity contribution >= 4 is 0 Å². The first kappa shape index (κ1) is 15.3. The second kappa shape index (κ2) is 7.08. The third-order valence-corrected chi connectivity index (χ3v) is 4.45. The van der Waals surface area contributed by atoms with Gasteiger partial charge in [-0.1, -0.05) is 60.7 Å². The van der Waals surface area contributed by atoms with Crippen LogP contribution < -0.4 is 0 Å². The molecule has 1 fully saturated rings. The highest BCUT2D eigenvalue weighted by Crippen LogP contribution is 2.38. The molecule has 0 heterocycles. The van der Waals surface area contributed by atoms with Crippen LogP contribution in [0.5, 0.6) is 0 Å². The van der Waals surface area contributed by atoms with E-state index in [1.165, 1.54) is 17.0 Å². The van der Waals surface area contributed by atoms with Gasteiger partial charge in [-0.15, -0.1) is 0 Å². The summed E-state index contributed by atoms with van der Waals surface area (Å²) in [4.78, 5) is 2.38. The lowest BCUT2D eigenvalue weighted by molar-refractivity contribution is 0.0651. The maximum atomic E-state index is 10.5. The van der Waals surface area contributed by atoms with Gasteiger partial charge in [0, 0.05) is 25.0 Å². The molecule has 1 N–H and O–H groups in total. The minimum atomic E-state index is -0.299. The van der Waals surface area contributed by atoms with E-state index < -0.39 is 0 Å². The molecule has 2 aromatic rings. The van der Waals surface area contributed by atoms with Gasteiger partial charge < -0.3 is 5.11 Å². The lowest BCUT2D eigenvalue weighted by Crippen LogP contribution is -2.41. The molecule has 0 amide bonds. The van der Waals surface area contributed by atoms with Gasteiger partial charge in [0.25, 0.3) is 0 Å². The van der Waals surface area contributed by atoms with E-state index in [2.05, 4.69) is 60.4 Å². The number of hydrogen-bond acceptors (Lipinski definition) is 2. The third kappa shape index (κ3) is 3.96. The molecule has 1 saturated carbocycles. The summed E-state index contributed by atoms with van der Waals surface area (Å²) in [5, 5.41) is 10.5. The monoisotopic (exact) mass is 294 g/mol. The van der Waals surface area contributed by atoms with Gasteiger partial charge in [0.15, 0.2) is 0 Å². The molecule has 3 rings (SSSR count). The van der Waals surface area contributed by atoms with Crippen molar-refractivity contribution in [3.8, 4) is 0 Å². The third-order valence-electron chi connectivity index (χ3n) is 4.45. The highest BCUT2D eigenvalue weighted by molar-refractivity contribution is 5.19. The van der Waals surface area contributed by atoms with Crippen LogP contribution in [0.2, 0.25) is 0 Å². The largest absolute Gasteiger partial charge is 0.391 e. The van der Waals surface area contributed by atoms with E-state index in [-0.39, 0.29) is 12.1 Å². The van der Waals surface area contributed by atoms with Gasteiger partial charge >= 0.3 is 0 Å². The molecule has 115 valence electrons. The normalized spacial score (nSPS) is 17.4. The van der Waals surface area contributed by atoms with Gasteiger partial charge in [-0.2, -0.15) is 0 Å². The molecule has 1 aliphatic carbocycles. The fraction of sp³-hybridized carbons (Fsp3) is 0.350. The molecule has 2 aromatic carbocycles. The zero-order valence-corrected chi connectivity index (χ0v) is 13.2. The molecular formula is C20H24NO. The summed E-state index contributed by atoms with van der Waals surface area (Å²) in [7, 11) is 0. The van der Waals surface area contributed by atoms with Gasteiger partial charge in [-0.3, -0.25) is 4.90 Å². The van der Waals surface area contributed by atoms with E-state index in [1.54, 1.807) is 0 Å². The molecule has 0 aliphatic heterocycles. The Bertz CT molecular complexity index is 523. The summed E-state index contributed by atoms with van der Waals surface area (Å²) in [5.74, 6) is 1.30. The summed E-state index contributed by atoms with van der Waals surface area (Å²) >= 11 is 0. The van der Waals surface area contributed by atoms with E-state index in [1.807, 2.05) is 12.1 Å². The number of benzene rings is 2. The van der Waals surface area contributed by atoms with Gasteiger partial charge in [0.05, 0.1) is 6.10 Å². The Hall–Kier alpha value is -1.64. The number of nitrogens with zero attached hydrogens (tertiary/aromatic N) is 1. The molecular weight excluding hydrogens is 270 g/mol. The first-order chi connectivity index (χ1) is 10.7. The average molecular weight is 294 g/mol. The highest BCUT2D eigenvalue weighted by atomic mass is 16.3. The van der Waals surface area contributed by atoms with Crippen LogP contribution in [0.1, 0.15) is 30.9 Å². The van der Waals surface area contributed by atoms with Gasteiger partial charge in [-0.05, 0) is 30.9 Å². The average Bonchev–Trinajstić information content (AvgIpc) is 3.40. The predicted molar refractivity (Wildman–Crippen MR) is 90.1 cm³/mol. The fourth-order valence-corrected chi connectivity index (χ4v) is 2.89. The lowest BCUT2D eigenvalue weighted by atomic mass is 10.0. The van der Waals surface area contributed by atoms with Gasteiger partial charge in [-0.25, -0.2) is 0 Å². The molecule has 0 aromatic heterocycles. The SMILES string of the molecule is CC(C(O)[C]1CC1)N(Cc1ccccc1)Cc1ccccc1. The van der Waals surface area contributed by atoms with Crippen molar-refractivity contribution in [1.82, 2.24) is 4.90 Å². The van der Waals surface area contributed by atoms with Crippen LogP contribution >= 0.6 is 0 Å². The molecule has 1 aliphatic rings. The topological polar surface area (TPSA) is 23.5 Å². The Labute approximate surface area is 133 Å². The molecule has 2 nitrogen and oxygen atoms in total. The summed E-state index contributed by atoms with van der Waals surface area (Å²) in [6.07, 6.45) is 1.89. The number of hydrogen-bond donors (Lipinski definition) is 1. The van der Waals surface area contributed by atoms with Crippen LogP contribution in [0, 0.1) is 5.92 Å². The van der Waals surface area contributed by atoms with Crippen LogP contribution in [0.25, 0.3) is 0 Å². The first-order valence-corrected chi connectivity index (χ1v) is 8.08. The van der Waals surface area contributed by atoms with Crippen molar-refractivity contribution < 1.29 is 5.11 Å². The highest BCUT2D eigenvalue weighted by Gasteiger charge is 2.36. The predicted octanol–water partition coefficient (Wildman–Crippen LogP) is 3.81. The molecule has 1 radical (unpaired) electrons. The molecule has 22 heavy (non-hydrogen) atoms. The Balaban J connectivity index is 1.74. The summed E-state index contributed by atoms with van der Waals surface area (Å²) in [6.45, 7) is 3.87. The van der Waals surface area contributed by atoms with E-state index in [4.69, 9.17) is 0 Å². The Morgan fingerprint density at radius 1 is 0.864 bits per heavy atom. The molecule has 2 unspecified atom stereocenters. The van der Waals surface area contributed by atoms with Crippen molar-refractivity contribution in [3.63, 3.8) is 0 Å². The fourth-order valence-electron chi connectivity index (χ4n) is 2.89. The Kier molecular flexibility index (Phi) is 4.91. The summed E-state index contributed by atoms with van der Waals surface area (Å²) in [6, 6.07) is 21.1. The summed E-state index contributed by atoms with van der Waals surface area (Å²) < 4.78 is 0. The smallest absolute Gasteiger partial charge is 0.0755 e. The molecule has 2 atom stereocenters. The summed E-state index contributed by atoms with van der Waals surface area (Å²) in [5.41, 5.74) is 2.58. The van der Waals surface area contributed by atoms with Crippen molar-refractivity contribution in [2.24, 2.45) is 0 Å². The van der Waals surface area contributed by atoms with E-state index in [0.29, 0.717) is 0 Å². The second-order valence-corrected chi connectivity index (χ2v) is 6.22. The molecule has 2 heteroatoms. The van der Waals surface area contributed by atoms with Gasteiger partial charge in [0.2, 0.25) is 0 Å². The van der Waals surface area contributed by atoms with Crippen LogP contribution in [-0.2, 0) is 13.1 Å². The molecule has 0 bridgehead atoms. The van der Waals surface area contributed by atoms with Crippen molar-refractivity contribution in [3.05, 3.63) is 77.7 Å². The van der Waals surface area contributed by atoms with Crippen molar-refractivity contribution in [2.75, 3.05) is 0 Å². The minimum absolute atomic E-state index is 0.137. The Morgan fingerprint density at radius 2 is 1.32 bits per heavy atom. The first-order valence-electron chi connectivity index (χ1n) is 8.08. The molecule has 0 saturated heterocycles. The van der Waals surface area contributed by atoms with Crippen molar-refractivity contribution in [1.29, 1.82) is 0 Å². The lowest BCUT2D eigenvalue weighted by Gasteiger charge is -2.32. The maximum absolute atomic E-state index is 10.5. The second-order valence-electron chi connectivity index (χ2n) is 6.22. The van der Waals surface area contributed by atoms with Crippen LogP contribution in [0.3, 0.4) is 0 Å². The van der Waals surface area contributed by atoms with Crippen LogP contribution in [-0.4, -0.2) is 22.2 Å². The number of rotatable bonds is 7. The quantitative estimate of drug-likeness (QED) is 0.839. The zero-order chi connectivity index (χ0) is 15.4. The van der Waals surface area contributed by atoms with Crippen LogP contribution in [0.15, 0.2) is 60.7 Å². The van der Waals surface area contributed by atoms with E-state index in [9.17, 15) is 5.11 Å². The van der Waals surface area contributed by atoms with E-state index in [0.717, 1.165) is 25.9 Å². The van der Waals surface area contributed by atoms with E-state index >= 15 is 0 Å². The maximum Gasteiger partial charge on any atom is 0.0755 e. The van der Waals surface area contributed by atoms with Crippen molar-refractivity contribution in [2.45, 2.75) is 45.0 Å². The standard InChI is InChI=1S/C20H24NO/c1-16(20(22)19-12-13-19)21(14-17-8-4-2-5-9-17)15-18-10-6-3-7-11-18/h2-11,16,20,22H,12-15H2,1H3. The van der Waals surface area contributed by atoms with Crippen LogP contribution in [0.4, 0.5) is 0 Å². The Morgan fingerprint density at radius 3 is 1.73 bits per heavy atom. The minimum Gasteiger partial charge on any atom is -0.391 e. The number of aliphatic hydroxyl groups excluding tert-OH is 1. The molecule has 0 spiro atoms. The van der Waals surface area contributed by atoms with Gasteiger partial charge in [0.1, 0.15) is 0 Å².